The van der Waals surface area contributed by atoms with Crippen molar-refractivity contribution in [3.63, 3.8) is 0 Å². The molecule has 0 radical (unpaired) electrons. The number of anilines is 2. The first-order valence-corrected chi connectivity index (χ1v) is 16.8. The summed E-state index contributed by atoms with van der Waals surface area (Å²) in [5, 5.41) is 7.56. The normalized spacial score (nSPS) is 10.8. The molecule has 0 atom stereocenters. The van der Waals surface area contributed by atoms with Crippen LogP contribution in [0.3, 0.4) is 0 Å². The summed E-state index contributed by atoms with van der Waals surface area (Å²) < 4.78 is 47.8. The Morgan fingerprint density at radius 2 is 1.75 bits per heavy atom. The van der Waals surface area contributed by atoms with E-state index in [1.54, 1.807) is 24.3 Å². The van der Waals surface area contributed by atoms with Crippen LogP contribution >= 0.6 is 11.6 Å². The van der Waals surface area contributed by atoms with E-state index in [2.05, 4.69) is 20.6 Å². The standard InChI is InChI=1S/C29H26ClFN4O4S.2C2H6/c1-40(36,37)12-11-32-16-23-7-10-27(39-23)20-5-8-26-24(14-20)29(34-18-33-26)35-22-6-9-28(25(30)15-22)38-17-19-3-2-4-21(31)13-19;2*1-2/h2-10,13-15,18,32H,11-12,16-17H2,1H3,(H,33,34,35);2*1-2H3. The highest BCUT2D eigenvalue weighted by Gasteiger charge is 2.11. The van der Waals surface area contributed by atoms with Gasteiger partial charge in [-0.3, -0.25) is 0 Å². The molecule has 0 bridgehead atoms. The molecule has 2 aromatic heterocycles. The maximum atomic E-state index is 13.4. The van der Waals surface area contributed by atoms with Crippen LogP contribution in [0.25, 0.3) is 22.2 Å². The lowest BCUT2D eigenvalue weighted by Crippen LogP contribution is -2.21. The van der Waals surface area contributed by atoms with Gasteiger partial charge in [-0.25, -0.2) is 22.8 Å². The molecule has 0 aliphatic carbocycles. The summed E-state index contributed by atoms with van der Waals surface area (Å²) in [6, 6.07) is 21.0. The maximum Gasteiger partial charge on any atom is 0.148 e. The van der Waals surface area contributed by atoms with E-state index in [9.17, 15) is 12.8 Å². The molecular weight excluding hydrogens is 603 g/mol. The van der Waals surface area contributed by atoms with Gasteiger partial charge in [0.25, 0.3) is 0 Å². The van der Waals surface area contributed by atoms with Gasteiger partial charge >= 0.3 is 0 Å². The van der Waals surface area contributed by atoms with Crippen LogP contribution in [0.5, 0.6) is 5.75 Å². The van der Waals surface area contributed by atoms with Crippen LogP contribution in [0.4, 0.5) is 15.9 Å². The average Bonchev–Trinajstić information content (AvgIpc) is 3.50. The van der Waals surface area contributed by atoms with Gasteiger partial charge in [-0.15, -0.1) is 0 Å². The Morgan fingerprint density at radius 1 is 0.955 bits per heavy atom. The summed E-state index contributed by atoms with van der Waals surface area (Å²) in [7, 11) is -3.02. The Labute approximate surface area is 263 Å². The van der Waals surface area contributed by atoms with E-state index in [1.165, 1.54) is 24.7 Å². The average molecular weight is 641 g/mol. The van der Waals surface area contributed by atoms with E-state index < -0.39 is 9.84 Å². The highest BCUT2D eigenvalue weighted by Crippen LogP contribution is 2.32. The Hall–Kier alpha value is -3.99. The van der Waals surface area contributed by atoms with Gasteiger partial charge in [0.1, 0.15) is 51.7 Å². The fraction of sp³-hybridized carbons (Fsp3) is 0.273. The number of furan rings is 1. The highest BCUT2D eigenvalue weighted by molar-refractivity contribution is 7.90. The Bertz CT molecular complexity index is 1760. The summed E-state index contributed by atoms with van der Waals surface area (Å²) in [6.07, 6.45) is 2.69. The van der Waals surface area contributed by atoms with E-state index in [0.717, 1.165) is 16.5 Å². The summed E-state index contributed by atoms with van der Waals surface area (Å²) >= 11 is 6.47. The molecule has 44 heavy (non-hydrogen) atoms. The minimum Gasteiger partial charge on any atom is -0.487 e. The Kier molecular flexibility index (Phi) is 13.1. The predicted octanol–water partition coefficient (Wildman–Crippen LogP) is 8.19. The third-order valence-electron chi connectivity index (χ3n) is 6.01. The molecule has 3 aromatic carbocycles. The minimum atomic E-state index is -3.02. The summed E-state index contributed by atoms with van der Waals surface area (Å²) in [6.45, 7) is 8.96. The van der Waals surface area contributed by atoms with Crippen molar-refractivity contribution in [3.05, 3.63) is 101 Å². The number of hydrogen-bond acceptors (Lipinski definition) is 8. The Morgan fingerprint density at radius 3 is 2.48 bits per heavy atom. The highest BCUT2D eigenvalue weighted by atomic mass is 35.5. The minimum absolute atomic E-state index is 0.0664. The molecule has 8 nitrogen and oxygen atoms in total. The number of nitrogens with zero attached hydrogens (tertiary/aromatic N) is 2. The molecular formula is C33H38ClFN4O4S. The summed E-state index contributed by atoms with van der Waals surface area (Å²) in [5.41, 5.74) is 2.99. The maximum absolute atomic E-state index is 13.4. The van der Waals surface area contributed by atoms with Crippen molar-refractivity contribution in [2.24, 2.45) is 0 Å². The second kappa shape index (κ2) is 16.7. The molecule has 0 saturated heterocycles. The number of aromatic nitrogens is 2. The van der Waals surface area contributed by atoms with Crippen molar-refractivity contribution in [1.82, 2.24) is 15.3 Å². The zero-order valence-corrected chi connectivity index (χ0v) is 27.1. The SMILES string of the molecule is CC.CC.CS(=O)(=O)CCNCc1ccc(-c2ccc3ncnc(Nc4ccc(OCc5cccc(F)c5)c(Cl)c4)c3c2)o1. The van der Waals surface area contributed by atoms with E-state index in [-0.39, 0.29) is 18.2 Å². The molecule has 5 rings (SSSR count). The van der Waals surface area contributed by atoms with Crippen LogP contribution < -0.4 is 15.4 Å². The molecule has 11 heteroatoms. The molecule has 0 saturated carbocycles. The number of hydrogen-bond donors (Lipinski definition) is 2. The fourth-order valence-electron chi connectivity index (χ4n) is 4.03. The third kappa shape index (κ3) is 10.0. The topological polar surface area (TPSA) is 106 Å². The van der Waals surface area contributed by atoms with Crippen LogP contribution in [0.1, 0.15) is 39.0 Å². The van der Waals surface area contributed by atoms with Gasteiger partial charge in [0.2, 0.25) is 0 Å². The van der Waals surface area contributed by atoms with E-state index >= 15 is 0 Å². The van der Waals surface area contributed by atoms with Gasteiger partial charge < -0.3 is 19.8 Å². The van der Waals surface area contributed by atoms with Crippen molar-refractivity contribution in [3.8, 4) is 17.1 Å². The zero-order valence-electron chi connectivity index (χ0n) is 25.5. The van der Waals surface area contributed by atoms with Crippen LogP contribution in [0.2, 0.25) is 5.02 Å². The van der Waals surface area contributed by atoms with Gasteiger partial charge in [0.15, 0.2) is 0 Å². The number of rotatable bonds is 11. The monoisotopic (exact) mass is 640 g/mol. The first-order chi connectivity index (χ1) is 21.2. The molecule has 0 aliphatic rings. The lowest BCUT2D eigenvalue weighted by molar-refractivity contribution is 0.306. The van der Waals surface area contributed by atoms with E-state index in [1.807, 2.05) is 64.1 Å². The molecule has 0 amide bonds. The van der Waals surface area contributed by atoms with Crippen LogP contribution in [0.15, 0.2) is 83.5 Å². The van der Waals surface area contributed by atoms with Crippen molar-refractivity contribution in [2.75, 3.05) is 23.9 Å². The van der Waals surface area contributed by atoms with Crippen LogP contribution in [-0.4, -0.2) is 36.9 Å². The second-order valence-corrected chi connectivity index (χ2v) is 11.9. The number of benzene rings is 3. The molecule has 2 heterocycles. The van der Waals surface area contributed by atoms with E-state index in [0.29, 0.717) is 52.5 Å². The lowest BCUT2D eigenvalue weighted by atomic mass is 10.1. The predicted molar refractivity (Wildman–Crippen MR) is 177 cm³/mol. The zero-order chi connectivity index (χ0) is 32.1. The van der Waals surface area contributed by atoms with Gasteiger partial charge in [-0.1, -0.05) is 51.4 Å². The van der Waals surface area contributed by atoms with Gasteiger partial charge in [0, 0.05) is 29.4 Å². The quantitative estimate of drug-likeness (QED) is 0.139. The number of ether oxygens (including phenoxy) is 1. The molecule has 0 spiro atoms. The molecule has 5 aromatic rings. The largest absolute Gasteiger partial charge is 0.487 e. The first-order valence-electron chi connectivity index (χ1n) is 14.4. The van der Waals surface area contributed by atoms with Crippen molar-refractivity contribution >= 4 is 43.8 Å². The number of halogens is 2. The molecule has 0 aliphatic heterocycles. The Balaban J connectivity index is 0.00000127. The second-order valence-electron chi connectivity index (χ2n) is 9.22. The van der Waals surface area contributed by atoms with Crippen LogP contribution in [-0.2, 0) is 23.0 Å². The fourth-order valence-corrected chi connectivity index (χ4v) is 4.78. The first kappa shape index (κ1) is 34.5. The smallest absolute Gasteiger partial charge is 0.148 e. The molecule has 2 N–H and O–H groups in total. The number of nitrogens with one attached hydrogen (secondary N) is 2. The van der Waals surface area contributed by atoms with Crippen LogP contribution in [0, 0.1) is 5.82 Å². The molecule has 0 fully saturated rings. The molecule has 234 valence electrons. The van der Waals surface area contributed by atoms with Gasteiger partial charge in [-0.05, 0) is 66.2 Å². The van der Waals surface area contributed by atoms with E-state index in [4.69, 9.17) is 20.8 Å². The lowest BCUT2D eigenvalue weighted by Gasteiger charge is -2.12. The third-order valence-corrected chi connectivity index (χ3v) is 7.25. The number of fused-ring (bicyclic) bond motifs is 1. The number of sulfone groups is 1. The molecule has 0 unspecified atom stereocenters. The van der Waals surface area contributed by atoms with Gasteiger partial charge in [-0.2, -0.15) is 0 Å². The van der Waals surface area contributed by atoms with Crippen molar-refractivity contribution < 1.29 is 22.0 Å². The van der Waals surface area contributed by atoms with Gasteiger partial charge in [0.05, 0.1) is 22.8 Å². The van der Waals surface area contributed by atoms with Crippen molar-refractivity contribution in [1.29, 1.82) is 0 Å². The van der Waals surface area contributed by atoms with Crippen molar-refractivity contribution in [2.45, 2.75) is 40.8 Å². The summed E-state index contributed by atoms with van der Waals surface area (Å²) in [4.78, 5) is 8.80. The summed E-state index contributed by atoms with van der Waals surface area (Å²) in [5.74, 6) is 2.17.